The first-order valence-electron chi connectivity index (χ1n) is 14.1. The van der Waals surface area contributed by atoms with E-state index in [9.17, 15) is 19.5 Å². The zero-order valence-corrected chi connectivity index (χ0v) is 23.8. The lowest BCUT2D eigenvalue weighted by molar-refractivity contribution is -0.159. The molecule has 1 aromatic rings. The van der Waals surface area contributed by atoms with Crippen molar-refractivity contribution in [1.82, 2.24) is 9.80 Å². The lowest BCUT2D eigenvalue weighted by atomic mass is 9.73. The van der Waals surface area contributed by atoms with Gasteiger partial charge in [0.15, 0.2) is 0 Å². The number of carbonyl (C=O) groups is 3. The van der Waals surface area contributed by atoms with Gasteiger partial charge < -0.3 is 24.5 Å². The Balaban J connectivity index is 1.72. The third kappa shape index (κ3) is 3.98. The highest BCUT2D eigenvalue weighted by atomic mass is 16.5. The Labute approximate surface area is 231 Å². The molecular formula is C31H41N3O5. The van der Waals surface area contributed by atoms with E-state index in [0.717, 1.165) is 5.69 Å². The molecule has 2 fully saturated rings. The summed E-state index contributed by atoms with van der Waals surface area (Å²) in [6, 6.07) is 7.86. The van der Waals surface area contributed by atoms with E-state index in [1.165, 1.54) is 0 Å². The Morgan fingerprint density at radius 3 is 2.23 bits per heavy atom. The van der Waals surface area contributed by atoms with E-state index >= 15 is 0 Å². The van der Waals surface area contributed by atoms with Crippen LogP contribution < -0.4 is 4.90 Å². The number of aliphatic hydroxyl groups is 1. The van der Waals surface area contributed by atoms with Gasteiger partial charge >= 0.3 is 0 Å². The molecule has 4 heterocycles. The third-order valence-corrected chi connectivity index (χ3v) is 9.07. The maximum Gasteiger partial charge on any atom is 0.249 e. The lowest BCUT2D eigenvalue weighted by Crippen LogP contribution is -2.62. The molecule has 1 unspecified atom stereocenters. The van der Waals surface area contributed by atoms with Gasteiger partial charge in [-0.1, -0.05) is 63.3 Å². The van der Waals surface area contributed by atoms with Gasteiger partial charge in [0.2, 0.25) is 17.7 Å². The first-order valence-corrected chi connectivity index (χ1v) is 14.1. The molecule has 1 spiro atoms. The number of fused-ring (bicyclic) bond motifs is 2. The van der Waals surface area contributed by atoms with Gasteiger partial charge in [0.1, 0.15) is 11.6 Å². The molecule has 0 aromatic heterocycles. The SMILES string of the molecule is CC[C@]12C=CCN(c3ccccc3)C(=O)[C@H]1[C@H]1C(=O)N([C@@H](CO)C(C)C)C3C(=O)N(C(C)(C)C)CC=C[C@@]31O2. The number of hydrogen-bond donors (Lipinski definition) is 1. The van der Waals surface area contributed by atoms with E-state index in [4.69, 9.17) is 4.74 Å². The number of carbonyl (C=O) groups excluding carboxylic acids is 3. The minimum absolute atomic E-state index is 0.112. The molecule has 4 aliphatic rings. The summed E-state index contributed by atoms with van der Waals surface area (Å²) in [5, 5.41) is 10.5. The van der Waals surface area contributed by atoms with Gasteiger partial charge in [-0.2, -0.15) is 0 Å². The molecule has 3 amide bonds. The maximum atomic E-state index is 14.6. The zero-order valence-electron chi connectivity index (χ0n) is 23.8. The second-order valence-electron chi connectivity index (χ2n) is 12.6. The van der Waals surface area contributed by atoms with Crippen LogP contribution in [0.4, 0.5) is 5.69 Å². The highest BCUT2D eigenvalue weighted by Crippen LogP contribution is 2.59. The highest BCUT2D eigenvalue weighted by Gasteiger charge is 2.76. The van der Waals surface area contributed by atoms with Crippen molar-refractivity contribution in [2.24, 2.45) is 17.8 Å². The number of aliphatic hydroxyl groups excluding tert-OH is 1. The van der Waals surface area contributed by atoms with Crippen LogP contribution in [0.15, 0.2) is 54.6 Å². The second kappa shape index (κ2) is 9.59. The molecule has 210 valence electrons. The molecule has 1 N–H and O–H groups in total. The summed E-state index contributed by atoms with van der Waals surface area (Å²) >= 11 is 0. The molecule has 0 saturated carbocycles. The standard InChI is InChI=1S/C31H41N3O5/c1-7-30-15-11-17-32(21-13-9-8-10-14-21)26(36)23(30)24-27(37)34(22(19-35)20(2)3)25-28(38)33(29(4,5)6)18-12-16-31(24,25)39-30/h8-16,20,22-25,35H,7,17-19H2,1-6H3/t22-,23+,24-,25?,30-,31-/m0/s1. The highest BCUT2D eigenvalue weighted by molar-refractivity contribution is 6.04. The zero-order chi connectivity index (χ0) is 28.3. The monoisotopic (exact) mass is 535 g/mol. The molecule has 0 aliphatic carbocycles. The van der Waals surface area contributed by atoms with Crippen LogP contribution in [-0.4, -0.2) is 81.1 Å². The molecule has 4 aliphatic heterocycles. The quantitative estimate of drug-likeness (QED) is 0.585. The van der Waals surface area contributed by atoms with Crippen LogP contribution in [0.3, 0.4) is 0 Å². The van der Waals surface area contributed by atoms with Crippen LogP contribution in [0.5, 0.6) is 0 Å². The predicted molar refractivity (Wildman–Crippen MR) is 149 cm³/mol. The first-order chi connectivity index (χ1) is 18.4. The molecule has 1 aromatic carbocycles. The van der Waals surface area contributed by atoms with Crippen LogP contribution in [0, 0.1) is 17.8 Å². The van der Waals surface area contributed by atoms with E-state index in [1.54, 1.807) is 14.7 Å². The normalized spacial score (nSPS) is 33.3. The fourth-order valence-electron chi connectivity index (χ4n) is 7.12. The number of para-hydroxylation sites is 1. The largest absolute Gasteiger partial charge is 0.394 e. The van der Waals surface area contributed by atoms with Crippen LogP contribution in [0.25, 0.3) is 0 Å². The fourth-order valence-corrected chi connectivity index (χ4v) is 7.12. The number of likely N-dealkylation sites (tertiary alicyclic amines) is 1. The minimum Gasteiger partial charge on any atom is -0.394 e. The van der Waals surface area contributed by atoms with Crippen molar-refractivity contribution >= 4 is 23.4 Å². The van der Waals surface area contributed by atoms with E-state index in [1.807, 2.05) is 96.2 Å². The van der Waals surface area contributed by atoms with Gasteiger partial charge in [0.05, 0.1) is 30.1 Å². The Bertz CT molecular complexity index is 1200. The second-order valence-corrected chi connectivity index (χ2v) is 12.6. The summed E-state index contributed by atoms with van der Waals surface area (Å²) in [7, 11) is 0. The van der Waals surface area contributed by atoms with Crippen LogP contribution in [0.1, 0.15) is 48.0 Å². The number of rotatable bonds is 5. The topological polar surface area (TPSA) is 90.4 Å². The van der Waals surface area contributed by atoms with Crippen LogP contribution in [-0.2, 0) is 19.1 Å². The molecule has 8 heteroatoms. The molecule has 0 bridgehead atoms. The summed E-state index contributed by atoms with van der Waals surface area (Å²) < 4.78 is 7.03. The van der Waals surface area contributed by atoms with Crippen molar-refractivity contribution in [3.05, 3.63) is 54.6 Å². The van der Waals surface area contributed by atoms with Crippen molar-refractivity contribution in [3.8, 4) is 0 Å². The van der Waals surface area contributed by atoms with E-state index in [0.29, 0.717) is 19.5 Å². The van der Waals surface area contributed by atoms with Gasteiger partial charge in [-0.15, -0.1) is 0 Å². The molecule has 0 radical (unpaired) electrons. The summed E-state index contributed by atoms with van der Waals surface area (Å²) in [6.45, 7) is 12.2. The fraction of sp³-hybridized carbons (Fsp3) is 0.581. The molecule has 39 heavy (non-hydrogen) atoms. The summed E-state index contributed by atoms with van der Waals surface area (Å²) in [6.07, 6.45) is 8.14. The lowest BCUT2D eigenvalue weighted by Gasteiger charge is -2.44. The third-order valence-electron chi connectivity index (χ3n) is 9.07. The Kier molecular flexibility index (Phi) is 6.79. The van der Waals surface area contributed by atoms with E-state index in [2.05, 4.69) is 0 Å². The number of nitrogens with zero attached hydrogens (tertiary/aromatic N) is 3. The van der Waals surface area contributed by atoms with E-state index in [-0.39, 0.29) is 30.2 Å². The predicted octanol–water partition coefficient (Wildman–Crippen LogP) is 3.16. The van der Waals surface area contributed by atoms with Crippen molar-refractivity contribution < 1.29 is 24.2 Å². The Morgan fingerprint density at radius 2 is 1.64 bits per heavy atom. The number of hydrogen-bond acceptors (Lipinski definition) is 5. The van der Waals surface area contributed by atoms with Crippen molar-refractivity contribution in [2.45, 2.75) is 76.8 Å². The number of ether oxygens (including phenoxy) is 1. The van der Waals surface area contributed by atoms with Crippen molar-refractivity contribution in [2.75, 3.05) is 24.6 Å². The average Bonchev–Trinajstić information content (AvgIpc) is 3.17. The van der Waals surface area contributed by atoms with Crippen LogP contribution >= 0.6 is 0 Å². The summed E-state index contributed by atoms with van der Waals surface area (Å²) in [5.41, 5.74) is -2.13. The van der Waals surface area contributed by atoms with Gasteiger partial charge in [0, 0.05) is 24.3 Å². The molecule has 6 atom stereocenters. The average molecular weight is 536 g/mol. The van der Waals surface area contributed by atoms with Gasteiger partial charge in [0.25, 0.3) is 0 Å². The number of amides is 3. The molecule has 2 saturated heterocycles. The molecular weight excluding hydrogens is 494 g/mol. The number of benzene rings is 1. The minimum atomic E-state index is -1.34. The van der Waals surface area contributed by atoms with Crippen LogP contribution in [0.2, 0.25) is 0 Å². The summed E-state index contributed by atoms with van der Waals surface area (Å²) in [4.78, 5) is 48.6. The van der Waals surface area contributed by atoms with Crippen molar-refractivity contribution in [1.29, 1.82) is 0 Å². The Hall–Kier alpha value is -2.97. The first kappa shape index (κ1) is 27.6. The van der Waals surface area contributed by atoms with Gasteiger partial charge in [-0.25, -0.2) is 0 Å². The smallest absolute Gasteiger partial charge is 0.249 e. The molecule has 8 nitrogen and oxygen atoms in total. The molecule has 5 rings (SSSR count). The van der Waals surface area contributed by atoms with E-state index < -0.39 is 40.7 Å². The summed E-state index contributed by atoms with van der Waals surface area (Å²) in [5.74, 6) is -2.56. The van der Waals surface area contributed by atoms with Crippen molar-refractivity contribution in [3.63, 3.8) is 0 Å². The number of anilines is 1. The van der Waals surface area contributed by atoms with Gasteiger partial charge in [-0.3, -0.25) is 14.4 Å². The maximum absolute atomic E-state index is 14.6. The Morgan fingerprint density at radius 1 is 0.974 bits per heavy atom. The van der Waals surface area contributed by atoms with Gasteiger partial charge in [-0.05, 0) is 45.2 Å².